The number of aromatic nitrogens is 3. The first kappa shape index (κ1) is 27.5. The van der Waals surface area contributed by atoms with E-state index in [4.69, 9.17) is 19.4 Å². The van der Waals surface area contributed by atoms with Crippen molar-refractivity contribution in [3.05, 3.63) is 164 Å². The fourth-order valence-corrected chi connectivity index (χ4v) is 7.05. The highest BCUT2D eigenvalue weighted by Crippen LogP contribution is 2.41. The lowest BCUT2D eigenvalue weighted by Crippen LogP contribution is -2.00. The van der Waals surface area contributed by atoms with Crippen molar-refractivity contribution < 1.29 is 4.42 Å². The van der Waals surface area contributed by atoms with Gasteiger partial charge < -0.3 is 4.42 Å². The molecule has 0 saturated carbocycles. The Balaban J connectivity index is 1.17. The summed E-state index contributed by atoms with van der Waals surface area (Å²) in [5, 5.41) is 9.22. The Morgan fingerprint density at radius 2 is 0.857 bits per heavy atom. The summed E-state index contributed by atoms with van der Waals surface area (Å²) in [7, 11) is 0. The summed E-state index contributed by atoms with van der Waals surface area (Å²) in [6, 6.07) is 57.0. The second-order valence-electron chi connectivity index (χ2n) is 12.5. The molecule has 0 unspecified atom stereocenters. The minimum absolute atomic E-state index is 0.616. The van der Waals surface area contributed by atoms with E-state index in [-0.39, 0.29) is 0 Å². The van der Waals surface area contributed by atoms with Crippen LogP contribution in [0.15, 0.2) is 168 Å². The molecular formula is C45H27N3O. The second kappa shape index (κ2) is 11.0. The van der Waals surface area contributed by atoms with E-state index in [0.29, 0.717) is 17.5 Å². The number of benzene rings is 8. The van der Waals surface area contributed by atoms with Crippen molar-refractivity contribution in [1.82, 2.24) is 15.0 Å². The Labute approximate surface area is 282 Å². The van der Waals surface area contributed by atoms with Crippen LogP contribution in [0.5, 0.6) is 0 Å². The molecule has 0 aliphatic carbocycles. The third-order valence-electron chi connectivity index (χ3n) is 9.47. The molecule has 0 aliphatic rings. The average molecular weight is 626 g/mol. The number of nitrogens with zero attached hydrogens (tertiary/aromatic N) is 3. The van der Waals surface area contributed by atoms with Gasteiger partial charge >= 0.3 is 0 Å². The largest absolute Gasteiger partial charge is 0.456 e. The molecule has 8 aromatic carbocycles. The number of rotatable bonds is 4. The zero-order valence-corrected chi connectivity index (χ0v) is 26.3. The van der Waals surface area contributed by atoms with Gasteiger partial charge in [0.2, 0.25) is 0 Å². The Hall–Kier alpha value is -6.65. The first-order chi connectivity index (χ1) is 24.2. The van der Waals surface area contributed by atoms with Crippen LogP contribution in [-0.4, -0.2) is 15.0 Å². The molecule has 10 rings (SSSR count). The first-order valence-electron chi connectivity index (χ1n) is 16.4. The van der Waals surface area contributed by atoms with Gasteiger partial charge in [-0.2, -0.15) is 0 Å². The normalized spacial score (nSPS) is 11.7. The summed E-state index contributed by atoms with van der Waals surface area (Å²) in [5.74, 6) is 1.89. The molecule has 0 aliphatic heterocycles. The molecule has 0 N–H and O–H groups in total. The van der Waals surface area contributed by atoms with Crippen LogP contribution in [0.3, 0.4) is 0 Å². The maximum absolute atomic E-state index is 6.57. The Bertz CT molecular complexity index is 2890. The van der Waals surface area contributed by atoms with Crippen LogP contribution < -0.4 is 0 Å². The summed E-state index contributed by atoms with van der Waals surface area (Å²) in [4.78, 5) is 15.1. The lowest BCUT2D eigenvalue weighted by atomic mass is 9.93. The van der Waals surface area contributed by atoms with Gasteiger partial charge in [-0.25, -0.2) is 15.0 Å². The first-order valence-corrected chi connectivity index (χ1v) is 16.4. The smallest absolute Gasteiger partial charge is 0.164 e. The molecular weight excluding hydrogens is 599 g/mol. The van der Waals surface area contributed by atoms with Gasteiger partial charge in [-0.05, 0) is 79.8 Å². The highest BCUT2D eigenvalue weighted by atomic mass is 16.3. The van der Waals surface area contributed by atoms with Crippen molar-refractivity contribution in [1.29, 1.82) is 0 Å². The van der Waals surface area contributed by atoms with Crippen molar-refractivity contribution >= 4 is 54.3 Å². The molecule has 0 radical (unpaired) electrons. The summed E-state index contributed by atoms with van der Waals surface area (Å²) >= 11 is 0. The predicted molar refractivity (Wildman–Crippen MR) is 201 cm³/mol. The van der Waals surface area contributed by atoms with Crippen LogP contribution in [0.4, 0.5) is 0 Å². The van der Waals surface area contributed by atoms with Gasteiger partial charge in [0.15, 0.2) is 17.5 Å². The molecule has 49 heavy (non-hydrogen) atoms. The summed E-state index contributed by atoms with van der Waals surface area (Å²) in [6.07, 6.45) is 0. The molecule has 2 aromatic heterocycles. The number of furan rings is 1. The Morgan fingerprint density at radius 3 is 1.57 bits per heavy atom. The molecule has 0 bridgehead atoms. The number of hydrogen-bond donors (Lipinski definition) is 0. The quantitative estimate of drug-likeness (QED) is 0.195. The third-order valence-corrected chi connectivity index (χ3v) is 9.47. The standard InChI is InChI=1S/C45H27N3O/c1-2-12-30(13-3-1)43-46-44(34-21-19-29-11-5-7-15-32(29)25-34)48-45(47-43)35-22-23-40-39(26-35)42-37-17-9-8-16-36(37)38(27-41(42)49-40)33-20-18-28-10-4-6-14-31(28)24-33/h1-27H. The lowest BCUT2D eigenvalue weighted by Gasteiger charge is -2.10. The predicted octanol–water partition coefficient (Wildman–Crippen LogP) is 11.9. The fourth-order valence-electron chi connectivity index (χ4n) is 7.05. The van der Waals surface area contributed by atoms with Gasteiger partial charge in [0.25, 0.3) is 0 Å². The van der Waals surface area contributed by atoms with Crippen LogP contribution in [0, 0.1) is 0 Å². The molecule has 0 amide bonds. The van der Waals surface area contributed by atoms with E-state index in [9.17, 15) is 0 Å². The zero-order chi connectivity index (χ0) is 32.3. The van der Waals surface area contributed by atoms with E-state index in [0.717, 1.165) is 60.5 Å². The van der Waals surface area contributed by atoms with Gasteiger partial charge in [0.1, 0.15) is 11.2 Å². The summed E-state index contributed by atoms with van der Waals surface area (Å²) in [6.45, 7) is 0. The zero-order valence-electron chi connectivity index (χ0n) is 26.3. The van der Waals surface area contributed by atoms with E-state index < -0.39 is 0 Å². The summed E-state index contributed by atoms with van der Waals surface area (Å²) in [5.41, 5.74) is 6.78. The fraction of sp³-hybridized carbons (Fsp3) is 0. The summed E-state index contributed by atoms with van der Waals surface area (Å²) < 4.78 is 6.57. The molecule has 4 heteroatoms. The van der Waals surface area contributed by atoms with Crippen LogP contribution in [-0.2, 0) is 0 Å². The minimum Gasteiger partial charge on any atom is -0.456 e. The van der Waals surface area contributed by atoms with E-state index >= 15 is 0 Å². The average Bonchev–Trinajstić information content (AvgIpc) is 3.55. The van der Waals surface area contributed by atoms with Gasteiger partial charge in [0.05, 0.1) is 0 Å². The van der Waals surface area contributed by atoms with Gasteiger partial charge in [-0.15, -0.1) is 0 Å². The monoisotopic (exact) mass is 625 g/mol. The van der Waals surface area contributed by atoms with Crippen molar-refractivity contribution in [2.75, 3.05) is 0 Å². The SMILES string of the molecule is c1ccc(-c2nc(-c3ccc4ccccc4c3)nc(-c3ccc4oc5cc(-c6ccc7ccccc7c6)c6ccccc6c5c4c3)n2)cc1. The van der Waals surface area contributed by atoms with Crippen LogP contribution >= 0.6 is 0 Å². The van der Waals surface area contributed by atoms with Gasteiger partial charge in [0, 0.05) is 27.5 Å². The maximum atomic E-state index is 6.57. The molecule has 0 fully saturated rings. The number of fused-ring (bicyclic) bond motifs is 7. The molecule has 0 atom stereocenters. The minimum atomic E-state index is 0.616. The van der Waals surface area contributed by atoms with Crippen LogP contribution in [0.2, 0.25) is 0 Å². The molecule has 0 spiro atoms. The van der Waals surface area contributed by atoms with Crippen molar-refractivity contribution in [2.24, 2.45) is 0 Å². The van der Waals surface area contributed by atoms with E-state index in [1.165, 1.54) is 21.5 Å². The van der Waals surface area contributed by atoms with Crippen LogP contribution in [0.25, 0.3) is 99.5 Å². The Morgan fingerprint density at radius 1 is 0.327 bits per heavy atom. The highest BCUT2D eigenvalue weighted by molar-refractivity contribution is 6.22. The van der Waals surface area contributed by atoms with Crippen LogP contribution in [0.1, 0.15) is 0 Å². The highest BCUT2D eigenvalue weighted by Gasteiger charge is 2.18. The molecule has 228 valence electrons. The van der Waals surface area contributed by atoms with E-state index in [1.807, 2.05) is 42.5 Å². The molecule has 4 nitrogen and oxygen atoms in total. The van der Waals surface area contributed by atoms with Crippen molar-refractivity contribution in [3.63, 3.8) is 0 Å². The van der Waals surface area contributed by atoms with E-state index in [2.05, 4.69) is 121 Å². The third kappa shape index (κ3) is 4.65. The molecule has 10 aromatic rings. The van der Waals surface area contributed by atoms with Crippen molar-refractivity contribution in [3.8, 4) is 45.3 Å². The second-order valence-corrected chi connectivity index (χ2v) is 12.5. The van der Waals surface area contributed by atoms with E-state index in [1.54, 1.807) is 0 Å². The van der Waals surface area contributed by atoms with Crippen molar-refractivity contribution in [2.45, 2.75) is 0 Å². The van der Waals surface area contributed by atoms with Gasteiger partial charge in [-0.3, -0.25) is 0 Å². The van der Waals surface area contributed by atoms with Gasteiger partial charge in [-0.1, -0.05) is 127 Å². The maximum Gasteiger partial charge on any atom is 0.164 e. The lowest BCUT2D eigenvalue weighted by molar-refractivity contribution is 0.669. The number of hydrogen-bond acceptors (Lipinski definition) is 4. The topological polar surface area (TPSA) is 51.8 Å². The Kier molecular flexibility index (Phi) is 6.15. The molecule has 2 heterocycles. The molecule has 0 saturated heterocycles.